The third kappa shape index (κ3) is 3.91. The van der Waals surface area contributed by atoms with E-state index in [4.69, 9.17) is 8.83 Å². The SMILES string of the molecule is N#Cc1ccc(-c2cc(-n3c4ccccc4c4c5oc6ccccc6c5ccc43)cc(-n3c4ccccc4c4c5oc6ccccc6c5ccc43)c2)cc1. The van der Waals surface area contributed by atoms with Crippen molar-refractivity contribution < 1.29 is 8.83 Å². The maximum absolute atomic E-state index is 9.61. The Balaban J connectivity index is 1.20. The molecule has 12 aromatic rings. The minimum absolute atomic E-state index is 0.629. The van der Waals surface area contributed by atoms with Crippen molar-refractivity contribution in [2.45, 2.75) is 0 Å². The highest BCUT2D eigenvalue weighted by atomic mass is 16.3. The summed E-state index contributed by atoms with van der Waals surface area (Å²) >= 11 is 0. The van der Waals surface area contributed by atoms with Crippen LogP contribution in [-0.4, -0.2) is 9.13 Å². The number of benzene rings is 8. The van der Waals surface area contributed by atoms with Gasteiger partial charge in [0.1, 0.15) is 22.3 Å². The zero-order valence-corrected chi connectivity index (χ0v) is 28.7. The van der Waals surface area contributed by atoms with Crippen LogP contribution in [0, 0.1) is 11.3 Å². The maximum Gasteiger partial charge on any atom is 0.145 e. The molecule has 0 aliphatic rings. The highest BCUT2D eigenvalue weighted by Gasteiger charge is 2.22. The van der Waals surface area contributed by atoms with Gasteiger partial charge >= 0.3 is 0 Å². The number of aromatic nitrogens is 2. The van der Waals surface area contributed by atoms with E-state index in [2.05, 4.69) is 130 Å². The molecule has 4 aromatic heterocycles. The molecule has 0 spiro atoms. The lowest BCUT2D eigenvalue weighted by Crippen LogP contribution is -2.00. The number of nitriles is 1. The Morgan fingerprint density at radius 3 is 1.35 bits per heavy atom. The van der Waals surface area contributed by atoms with Gasteiger partial charge in [-0.05, 0) is 90.0 Å². The molecule has 0 radical (unpaired) electrons. The first-order chi connectivity index (χ1) is 26.7. The first-order valence-electron chi connectivity index (χ1n) is 18.1. The van der Waals surface area contributed by atoms with Crippen molar-refractivity contribution in [3.63, 3.8) is 0 Å². The summed E-state index contributed by atoms with van der Waals surface area (Å²) in [4.78, 5) is 0. The highest BCUT2D eigenvalue weighted by Crippen LogP contribution is 2.44. The normalized spacial score (nSPS) is 12.1. The standard InChI is InChI=1S/C49H27N3O2/c50-28-29-17-19-30(20-18-29)31-25-32(51-40-13-5-1-11-38(40)46-42(51)23-21-36-34-9-3-7-15-44(34)53-48(36)46)27-33(26-31)52-41-14-6-2-12-39(41)47-43(52)24-22-37-35-10-4-8-16-45(35)54-49(37)47/h1-27H. The zero-order valence-electron chi connectivity index (χ0n) is 28.7. The molecule has 5 nitrogen and oxygen atoms in total. The van der Waals surface area contributed by atoms with Gasteiger partial charge in [-0.1, -0.05) is 84.9 Å². The Bertz CT molecular complexity index is 3360. The summed E-state index contributed by atoms with van der Waals surface area (Å²) in [5, 5.41) is 18.5. The zero-order chi connectivity index (χ0) is 35.5. The average molecular weight is 690 g/mol. The molecular formula is C49H27N3O2. The Hall–Kier alpha value is -7.55. The monoisotopic (exact) mass is 689 g/mol. The fourth-order valence-corrected chi connectivity index (χ4v) is 8.78. The van der Waals surface area contributed by atoms with Gasteiger partial charge < -0.3 is 18.0 Å². The van der Waals surface area contributed by atoms with Crippen molar-refractivity contribution in [2.75, 3.05) is 0 Å². The first-order valence-corrected chi connectivity index (χ1v) is 18.1. The molecule has 5 heteroatoms. The average Bonchev–Trinajstić information content (AvgIpc) is 3.98. The number of para-hydroxylation sites is 4. The van der Waals surface area contributed by atoms with Crippen molar-refractivity contribution in [3.05, 3.63) is 169 Å². The van der Waals surface area contributed by atoms with Crippen LogP contribution in [0.5, 0.6) is 0 Å². The molecule has 0 fully saturated rings. The minimum atomic E-state index is 0.629. The number of nitrogens with zero attached hydrogens (tertiary/aromatic N) is 3. The molecule has 0 atom stereocenters. The van der Waals surface area contributed by atoms with Crippen LogP contribution < -0.4 is 0 Å². The van der Waals surface area contributed by atoms with Crippen LogP contribution in [0.15, 0.2) is 173 Å². The summed E-state index contributed by atoms with van der Waals surface area (Å²) in [5.41, 5.74) is 12.6. The van der Waals surface area contributed by atoms with E-state index < -0.39 is 0 Å². The number of rotatable bonds is 3. The molecule has 12 rings (SSSR count). The van der Waals surface area contributed by atoms with Crippen molar-refractivity contribution in [1.29, 1.82) is 5.26 Å². The third-order valence-electron chi connectivity index (χ3n) is 11.1. The molecule has 0 saturated heterocycles. The fourth-order valence-electron chi connectivity index (χ4n) is 8.78. The van der Waals surface area contributed by atoms with Gasteiger partial charge in [0.15, 0.2) is 0 Å². The molecule has 0 aliphatic carbocycles. The maximum atomic E-state index is 9.61. The van der Waals surface area contributed by atoms with Gasteiger partial charge in [0.2, 0.25) is 0 Å². The number of furan rings is 2. The molecule has 4 heterocycles. The van der Waals surface area contributed by atoms with E-state index in [1.54, 1.807) is 0 Å². The second-order valence-electron chi connectivity index (χ2n) is 14.0. The van der Waals surface area contributed by atoms with Crippen LogP contribution >= 0.6 is 0 Å². The van der Waals surface area contributed by atoms with Gasteiger partial charge in [0.05, 0.1) is 44.5 Å². The second-order valence-corrected chi connectivity index (χ2v) is 14.0. The lowest BCUT2D eigenvalue weighted by molar-refractivity contribution is 0.672. The Kier molecular flexibility index (Phi) is 5.78. The summed E-state index contributed by atoms with van der Waals surface area (Å²) < 4.78 is 18.0. The van der Waals surface area contributed by atoms with E-state index >= 15 is 0 Å². The van der Waals surface area contributed by atoms with Gasteiger partial charge in [-0.2, -0.15) is 5.26 Å². The molecule has 8 aromatic carbocycles. The van der Waals surface area contributed by atoms with E-state index in [-0.39, 0.29) is 0 Å². The molecular weight excluding hydrogens is 663 g/mol. The Labute approximate surface area is 307 Å². The van der Waals surface area contributed by atoms with E-state index in [1.165, 1.54) is 0 Å². The van der Waals surface area contributed by atoms with Gasteiger partial charge in [-0.3, -0.25) is 0 Å². The molecule has 0 saturated carbocycles. The summed E-state index contributed by atoms with van der Waals surface area (Å²) in [7, 11) is 0. The highest BCUT2D eigenvalue weighted by molar-refractivity contribution is 6.25. The molecule has 54 heavy (non-hydrogen) atoms. The number of hydrogen-bond donors (Lipinski definition) is 0. The predicted octanol–water partition coefficient (Wildman–Crippen LogP) is 13.2. The summed E-state index contributed by atoms with van der Waals surface area (Å²) in [6.07, 6.45) is 0. The first kappa shape index (κ1) is 29.1. The van der Waals surface area contributed by atoms with Crippen molar-refractivity contribution in [2.24, 2.45) is 0 Å². The summed E-state index contributed by atoms with van der Waals surface area (Å²) in [6.45, 7) is 0. The minimum Gasteiger partial charge on any atom is -0.455 e. The number of fused-ring (bicyclic) bond motifs is 14. The van der Waals surface area contributed by atoms with Gasteiger partial charge in [-0.15, -0.1) is 0 Å². The van der Waals surface area contributed by atoms with Crippen LogP contribution in [0.1, 0.15) is 5.56 Å². The van der Waals surface area contributed by atoms with Crippen molar-refractivity contribution in [3.8, 4) is 28.6 Å². The smallest absolute Gasteiger partial charge is 0.145 e. The Morgan fingerprint density at radius 1 is 0.389 bits per heavy atom. The van der Waals surface area contributed by atoms with Gasteiger partial charge in [-0.25, -0.2) is 0 Å². The van der Waals surface area contributed by atoms with Crippen LogP contribution in [0.3, 0.4) is 0 Å². The fraction of sp³-hybridized carbons (Fsp3) is 0. The van der Waals surface area contributed by atoms with Crippen molar-refractivity contribution in [1.82, 2.24) is 9.13 Å². The van der Waals surface area contributed by atoms with E-state index in [0.29, 0.717) is 5.56 Å². The second kappa shape index (κ2) is 10.7. The third-order valence-corrected chi connectivity index (χ3v) is 11.1. The quantitative estimate of drug-likeness (QED) is 0.185. The van der Waals surface area contributed by atoms with Crippen LogP contribution in [-0.2, 0) is 0 Å². The van der Waals surface area contributed by atoms with Crippen LogP contribution in [0.25, 0.3) is 110 Å². The summed E-state index contributed by atoms with van der Waals surface area (Å²) in [5.74, 6) is 0. The van der Waals surface area contributed by atoms with Gasteiger partial charge in [0.25, 0.3) is 0 Å². The number of hydrogen-bond acceptors (Lipinski definition) is 3. The Morgan fingerprint density at radius 2 is 0.852 bits per heavy atom. The van der Waals surface area contributed by atoms with Crippen LogP contribution in [0.4, 0.5) is 0 Å². The van der Waals surface area contributed by atoms with Crippen molar-refractivity contribution >= 4 is 87.5 Å². The van der Waals surface area contributed by atoms with E-state index in [9.17, 15) is 5.26 Å². The predicted molar refractivity (Wildman–Crippen MR) is 220 cm³/mol. The molecule has 250 valence electrons. The van der Waals surface area contributed by atoms with Gasteiger partial charge in [0, 0.05) is 43.7 Å². The molecule has 0 N–H and O–H groups in total. The summed E-state index contributed by atoms with van der Waals surface area (Å²) in [6, 6.07) is 59.4. The van der Waals surface area contributed by atoms with Crippen LogP contribution in [0.2, 0.25) is 0 Å². The lowest BCUT2D eigenvalue weighted by atomic mass is 10.0. The molecule has 0 bridgehead atoms. The lowest BCUT2D eigenvalue weighted by Gasteiger charge is -2.16. The van der Waals surface area contributed by atoms with E-state index in [1.807, 2.05) is 48.5 Å². The largest absolute Gasteiger partial charge is 0.455 e. The molecule has 0 aliphatic heterocycles. The molecule has 0 unspecified atom stereocenters. The topological polar surface area (TPSA) is 59.9 Å². The van der Waals surface area contributed by atoms with E-state index in [0.717, 1.165) is 110 Å². The molecule has 0 amide bonds.